The third kappa shape index (κ3) is 3.81. The first-order chi connectivity index (χ1) is 11.3. The van der Waals surface area contributed by atoms with Gasteiger partial charge in [-0.2, -0.15) is 0 Å². The van der Waals surface area contributed by atoms with Gasteiger partial charge < -0.3 is 4.90 Å². The van der Waals surface area contributed by atoms with E-state index in [1.165, 1.54) is 13.5 Å². The van der Waals surface area contributed by atoms with Crippen molar-refractivity contribution in [2.24, 2.45) is 5.92 Å². The van der Waals surface area contributed by atoms with E-state index in [1.54, 1.807) is 18.2 Å². The molecule has 1 aromatic carbocycles. The van der Waals surface area contributed by atoms with Gasteiger partial charge in [0, 0.05) is 18.2 Å². The molecule has 0 aliphatic heterocycles. The average Bonchev–Trinajstić information content (AvgIpc) is 2.57. The monoisotopic (exact) mass is 352 g/mol. The molecule has 0 heterocycles. The largest absolute Gasteiger partial charge is 0.309 e. The van der Waals surface area contributed by atoms with E-state index in [9.17, 15) is 13.2 Å². The minimum absolute atomic E-state index is 0.0517. The van der Waals surface area contributed by atoms with E-state index in [0.717, 1.165) is 30.5 Å². The molecule has 5 nitrogen and oxygen atoms in total. The lowest BCUT2D eigenvalue weighted by molar-refractivity contribution is -0.119. The number of hydrogen-bond donors (Lipinski definition) is 1. The van der Waals surface area contributed by atoms with Crippen molar-refractivity contribution in [1.82, 2.24) is 4.72 Å². The topological polar surface area (TPSA) is 66.5 Å². The molecule has 2 unspecified atom stereocenters. The molecule has 1 fully saturated rings. The second-order valence-electron chi connectivity index (χ2n) is 6.60. The number of nitrogens with zero attached hydrogens (tertiary/aromatic N) is 1. The molecule has 0 saturated heterocycles. The Hall–Kier alpha value is -1.40. The minimum atomic E-state index is -3.54. The number of hydrogen-bond acceptors (Lipinski definition) is 3. The Morgan fingerprint density at radius 1 is 1.29 bits per heavy atom. The lowest BCUT2D eigenvalue weighted by Crippen LogP contribution is -2.45. The number of carbonyl (C=O) groups excluding carboxylic acids is 1. The normalized spacial score (nSPS) is 21.5. The molecule has 1 saturated carbocycles. The summed E-state index contributed by atoms with van der Waals surface area (Å²) in [5.74, 6) is 0.467. The summed E-state index contributed by atoms with van der Waals surface area (Å²) >= 11 is 0. The molecule has 1 aliphatic carbocycles. The number of nitrogens with one attached hydrogen (secondary N) is 1. The molecule has 1 N–H and O–H groups in total. The van der Waals surface area contributed by atoms with E-state index < -0.39 is 10.0 Å². The van der Waals surface area contributed by atoms with Crippen molar-refractivity contribution < 1.29 is 13.2 Å². The average molecular weight is 353 g/mol. The molecule has 1 aromatic rings. The highest BCUT2D eigenvalue weighted by molar-refractivity contribution is 7.89. The highest BCUT2D eigenvalue weighted by Gasteiger charge is 2.32. The molecule has 1 aliphatic rings. The van der Waals surface area contributed by atoms with Crippen LogP contribution in [0.3, 0.4) is 0 Å². The van der Waals surface area contributed by atoms with Crippen LogP contribution in [-0.4, -0.2) is 27.4 Å². The van der Waals surface area contributed by atoms with Crippen molar-refractivity contribution in [1.29, 1.82) is 0 Å². The highest BCUT2D eigenvalue weighted by atomic mass is 32.2. The van der Waals surface area contributed by atoms with Crippen LogP contribution in [0.1, 0.15) is 51.5 Å². The van der Waals surface area contributed by atoms with E-state index in [-0.39, 0.29) is 16.8 Å². The summed E-state index contributed by atoms with van der Waals surface area (Å²) in [4.78, 5) is 14.8. The summed E-state index contributed by atoms with van der Waals surface area (Å²) in [6.07, 6.45) is 4.78. The Balaban J connectivity index is 2.53. The highest BCUT2D eigenvalue weighted by Crippen LogP contribution is 2.34. The third-order valence-corrected chi connectivity index (χ3v) is 6.40. The fourth-order valence-electron chi connectivity index (χ4n) is 3.48. The predicted octanol–water partition coefficient (Wildman–Crippen LogP) is 3.22. The summed E-state index contributed by atoms with van der Waals surface area (Å²) in [6.45, 7) is 5.96. The number of benzene rings is 1. The van der Waals surface area contributed by atoms with E-state index in [2.05, 4.69) is 11.6 Å². The second-order valence-corrected chi connectivity index (χ2v) is 8.49. The van der Waals surface area contributed by atoms with Gasteiger partial charge in [0.25, 0.3) is 0 Å². The first kappa shape index (κ1) is 18.9. The van der Waals surface area contributed by atoms with Crippen LogP contribution in [0.25, 0.3) is 0 Å². The molecule has 0 spiro atoms. The smallest absolute Gasteiger partial charge is 0.240 e. The number of carbonyl (C=O) groups is 1. The van der Waals surface area contributed by atoms with Crippen molar-refractivity contribution in [2.75, 3.05) is 11.9 Å². The summed E-state index contributed by atoms with van der Waals surface area (Å²) in [5, 5.41) is 0. The minimum Gasteiger partial charge on any atom is -0.309 e. The van der Waals surface area contributed by atoms with Crippen molar-refractivity contribution in [3.63, 3.8) is 0 Å². The van der Waals surface area contributed by atoms with E-state index in [4.69, 9.17) is 0 Å². The third-order valence-electron chi connectivity index (χ3n) is 4.99. The number of rotatable bonds is 5. The molecular formula is C18H28N2O3S. The Kier molecular flexibility index (Phi) is 6.04. The van der Waals surface area contributed by atoms with Gasteiger partial charge in [0.1, 0.15) is 0 Å². The lowest BCUT2D eigenvalue weighted by atomic mass is 9.84. The number of anilines is 1. The number of aryl methyl sites for hydroxylation is 1. The molecule has 2 atom stereocenters. The van der Waals surface area contributed by atoms with Gasteiger partial charge in [-0.1, -0.05) is 32.8 Å². The zero-order valence-electron chi connectivity index (χ0n) is 15.0. The fraction of sp³-hybridized carbons (Fsp3) is 0.611. The van der Waals surface area contributed by atoms with Crippen LogP contribution in [0.5, 0.6) is 0 Å². The Labute approximate surface area is 145 Å². The number of sulfonamides is 1. The maximum Gasteiger partial charge on any atom is 0.240 e. The van der Waals surface area contributed by atoms with Gasteiger partial charge in [-0.3, -0.25) is 4.79 Å². The van der Waals surface area contributed by atoms with Crippen LogP contribution in [-0.2, 0) is 14.8 Å². The van der Waals surface area contributed by atoms with Gasteiger partial charge in [0.15, 0.2) is 0 Å². The van der Waals surface area contributed by atoms with Crippen LogP contribution in [0, 0.1) is 12.8 Å². The van der Waals surface area contributed by atoms with E-state index >= 15 is 0 Å². The summed E-state index contributed by atoms with van der Waals surface area (Å²) in [6, 6.07) is 5.14. The van der Waals surface area contributed by atoms with Crippen LogP contribution in [0.15, 0.2) is 23.1 Å². The molecule has 0 radical (unpaired) electrons. The quantitative estimate of drug-likeness (QED) is 0.885. The van der Waals surface area contributed by atoms with Crippen LogP contribution in [0.2, 0.25) is 0 Å². The molecule has 0 aromatic heterocycles. The summed E-state index contributed by atoms with van der Waals surface area (Å²) in [5.41, 5.74) is 1.64. The summed E-state index contributed by atoms with van der Waals surface area (Å²) in [7, 11) is -2.14. The standard InChI is InChI=1S/C18H28N2O3S/c1-5-18(21)20(16-9-7-6-8-13(16)2)17-12-15(11-10-14(17)3)24(22,23)19-4/h10-13,16,19H,5-9H2,1-4H3. The maximum absolute atomic E-state index is 12.7. The van der Waals surface area contributed by atoms with Gasteiger partial charge >= 0.3 is 0 Å². The van der Waals surface area contributed by atoms with Crippen molar-refractivity contribution in [3.05, 3.63) is 23.8 Å². The predicted molar refractivity (Wildman–Crippen MR) is 96.6 cm³/mol. The molecule has 134 valence electrons. The van der Waals surface area contributed by atoms with Gasteiger partial charge in [-0.25, -0.2) is 13.1 Å². The second kappa shape index (κ2) is 7.66. The molecular weight excluding hydrogens is 324 g/mol. The SMILES string of the molecule is CCC(=O)N(c1cc(S(=O)(=O)NC)ccc1C)C1CCCCC1C. The van der Waals surface area contributed by atoms with E-state index in [1.807, 2.05) is 18.7 Å². The van der Waals surface area contributed by atoms with E-state index in [0.29, 0.717) is 12.3 Å². The maximum atomic E-state index is 12.7. The Bertz CT molecular complexity index is 700. The zero-order valence-corrected chi connectivity index (χ0v) is 15.8. The molecule has 0 bridgehead atoms. The fourth-order valence-corrected chi connectivity index (χ4v) is 4.23. The number of amides is 1. The lowest BCUT2D eigenvalue weighted by Gasteiger charge is -2.39. The molecule has 2 rings (SSSR count). The van der Waals surface area contributed by atoms with Gasteiger partial charge in [0.2, 0.25) is 15.9 Å². The summed E-state index contributed by atoms with van der Waals surface area (Å²) < 4.78 is 26.6. The van der Waals surface area contributed by atoms with Gasteiger partial charge in [-0.05, 0) is 50.4 Å². The first-order valence-corrected chi connectivity index (χ1v) is 10.2. The first-order valence-electron chi connectivity index (χ1n) is 8.68. The van der Waals surface area contributed by atoms with Gasteiger partial charge in [-0.15, -0.1) is 0 Å². The Morgan fingerprint density at radius 3 is 2.54 bits per heavy atom. The Morgan fingerprint density at radius 2 is 1.96 bits per heavy atom. The molecule has 1 amide bonds. The van der Waals surface area contributed by atoms with Crippen LogP contribution < -0.4 is 9.62 Å². The van der Waals surface area contributed by atoms with Crippen LogP contribution in [0.4, 0.5) is 5.69 Å². The molecule has 24 heavy (non-hydrogen) atoms. The van der Waals surface area contributed by atoms with Crippen molar-refractivity contribution >= 4 is 21.6 Å². The van der Waals surface area contributed by atoms with Crippen molar-refractivity contribution in [2.45, 2.75) is 63.8 Å². The van der Waals surface area contributed by atoms with Gasteiger partial charge in [0.05, 0.1) is 4.90 Å². The zero-order chi connectivity index (χ0) is 17.9. The van der Waals surface area contributed by atoms with Crippen molar-refractivity contribution in [3.8, 4) is 0 Å². The molecule has 6 heteroatoms. The van der Waals surface area contributed by atoms with Crippen LogP contribution >= 0.6 is 0 Å².